The summed E-state index contributed by atoms with van der Waals surface area (Å²) in [4.78, 5) is 35.2. The number of amides is 3. The highest BCUT2D eigenvalue weighted by molar-refractivity contribution is 6.30. The highest BCUT2D eigenvalue weighted by atomic mass is 35.5. The van der Waals surface area contributed by atoms with Crippen LogP contribution >= 0.6 is 11.6 Å². The van der Waals surface area contributed by atoms with Crippen molar-refractivity contribution in [3.8, 4) is 0 Å². The first kappa shape index (κ1) is 16.8. The fraction of sp³-hybridized carbons (Fsp3) is 0.308. The summed E-state index contributed by atoms with van der Waals surface area (Å²) < 4.78 is 0. The molecule has 7 nitrogen and oxygen atoms in total. The van der Waals surface area contributed by atoms with Crippen molar-refractivity contribution in [2.24, 2.45) is 0 Å². The van der Waals surface area contributed by atoms with Crippen molar-refractivity contribution >= 4 is 35.2 Å². The number of hydrogen-bond acceptors (Lipinski definition) is 3. The largest absolute Gasteiger partial charge is 0.480 e. The van der Waals surface area contributed by atoms with E-state index < -0.39 is 18.5 Å². The Balaban J connectivity index is 2.77. The standard InChI is InChI=1S/C13H16ClN3O4/c1-2-15-11(18)7-16-13(21)17(8-12(19)20)10-5-3-9(14)4-6-10/h3-6H,2,7-8H2,1H3,(H,15,18)(H,16,21)(H,19,20). The Bertz CT molecular complexity index is 519. The summed E-state index contributed by atoms with van der Waals surface area (Å²) in [5.74, 6) is -1.52. The van der Waals surface area contributed by atoms with Crippen LogP contribution in [0, 0.1) is 0 Å². The van der Waals surface area contributed by atoms with Gasteiger partial charge < -0.3 is 15.7 Å². The molecule has 0 bridgehead atoms. The van der Waals surface area contributed by atoms with E-state index in [1.807, 2.05) is 0 Å². The summed E-state index contributed by atoms with van der Waals surface area (Å²) in [7, 11) is 0. The topological polar surface area (TPSA) is 98.7 Å². The fourth-order valence-electron chi connectivity index (χ4n) is 1.55. The Morgan fingerprint density at radius 2 is 1.81 bits per heavy atom. The summed E-state index contributed by atoms with van der Waals surface area (Å²) >= 11 is 5.75. The van der Waals surface area contributed by atoms with Crippen molar-refractivity contribution in [1.82, 2.24) is 10.6 Å². The number of carbonyl (C=O) groups excluding carboxylic acids is 2. The average molecular weight is 314 g/mol. The second-order valence-electron chi connectivity index (χ2n) is 4.07. The Morgan fingerprint density at radius 3 is 2.33 bits per heavy atom. The van der Waals surface area contributed by atoms with Gasteiger partial charge in [0.25, 0.3) is 0 Å². The number of carboxylic acid groups (broad SMARTS) is 1. The molecule has 1 aromatic rings. The number of anilines is 1. The van der Waals surface area contributed by atoms with E-state index >= 15 is 0 Å². The van der Waals surface area contributed by atoms with Crippen LogP contribution in [-0.4, -0.2) is 42.6 Å². The summed E-state index contributed by atoms with van der Waals surface area (Å²) in [6, 6.07) is 5.46. The molecule has 0 saturated carbocycles. The highest BCUT2D eigenvalue weighted by Crippen LogP contribution is 2.17. The van der Waals surface area contributed by atoms with Gasteiger partial charge in [-0.2, -0.15) is 0 Å². The van der Waals surface area contributed by atoms with Gasteiger partial charge in [-0.25, -0.2) is 4.79 Å². The van der Waals surface area contributed by atoms with E-state index in [2.05, 4.69) is 10.6 Å². The molecule has 3 amide bonds. The summed E-state index contributed by atoms with van der Waals surface area (Å²) in [6.45, 7) is 1.45. The lowest BCUT2D eigenvalue weighted by molar-refractivity contribution is -0.135. The van der Waals surface area contributed by atoms with Crippen molar-refractivity contribution in [2.75, 3.05) is 24.5 Å². The van der Waals surface area contributed by atoms with Crippen molar-refractivity contribution < 1.29 is 19.5 Å². The molecule has 0 aliphatic rings. The molecule has 0 saturated heterocycles. The third-order valence-corrected chi connectivity index (χ3v) is 2.70. The number of nitrogens with zero attached hydrogens (tertiary/aromatic N) is 1. The Kier molecular flexibility index (Phi) is 6.48. The van der Waals surface area contributed by atoms with E-state index in [1.165, 1.54) is 12.1 Å². The molecule has 21 heavy (non-hydrogen) atoms. The van der Waals surface area contributed by atoms with Crippen LogP contribution in [0.4, 0.5) is 10.5 Å². The molecular formula is C13H16ClN3O4. The van der Waals surface area contributed by atoms with Crippen molar-refractivity contribution in [1.29, 1.82) is 0 Å². The van der Waals surface area contributed by atoms with Gasteiger partial charge in [0, 0.05) is 17.3 Å². The van der Waals surface area contributed by atoms with Gasteiger partial charge in [-0.05, 0) is 31.2 Å². The van der Waals surface area contributed by atoms with E-state index in [0.29, 0.717) is 17.3 Å². The molecule has 0 heterocycles. The number of rotatable bonds is 6. The number of nitrogens with one attached hydrogen (secondary N) is 2. The minimum absolute atomic E-state index is 0.226. The SMILES string of the molecule is CCNC(=O)CNC(=O)N(CC(=O)O)c1ccc(Cl)cc1. The number of hydrogen-bond donors (Lipinski definition) is 3. The van der Waals surface area contributed by atoms with Gasteiger partial charge in [-0.15, -0.1) is 0 Å². The Hall–Kier alpha value is -2.28. The van der Waals surface area contributed by atoms with Crippen LogP contribution in [0.3, 0.4) is 0 Å². The van der Waals surface area contributed by atoms with E-state index in [9.17, 15) is 14.4 Å². The molecule has 0 radical (unpaired) electrons. The second kappa shape index (κ2) is 8.11. The van der Waals surface area contributed by atoms with Gasteiger partial charge in [0.05, 0.1) is 6.54 Å². The minimum atomic E-state index is -1.17. The number of urea groups is 1. The summed E-state index contributed by atoms with van der Waals surface area (Å²) in [5, 5.41) is 14.2. The number of carboxylic acids is 1. The van der Waals surface area contributed by atoms with E-state index in [-0.39, 0.29) is 12.5 Å². The molecule has 0 fully saturated rings. The summed E-state index contributed by atoms with van der Waals surface area (Å²) in [5.41, 5.74) is 0.371. The number of halogens is 1. The van der Waals surface area contributed by atoms with Crippen LogP contribution in [0.25, 0.3) is 0 Å². The quantitative estimate of drug-likeness (QED) is 0.731. The molecular weight excluding hydrogens is 298 g/mol. The molecule has 0 aromatic heterocycles. The zero-order valence-electron chi connectivity index (χ0n) is 11.4. The van der Waals surface area contributed by atoms with Gasteiger partial charge in [0.15, 0.2) is 0 Å². The lowest BCUT2D eigenvalue weighted by atomic mass is 10.3. The predicted octanol–water partition coefficient (Wildman–Crippen LogP) is 1.08. The van der Waals surface area contributed by atoms with Crippen LogP contribution < -0.4 is 15.5 Å². The van der Waals surface area contributed by atoms with Crippen LogP contribution in [-0.2, 0) is 9.59 Å². The third kappa shape index (κ3) is 5.70. The molecule has 0 spiro atoms. The maximum absolute atomic E-state index is 12.0. The minimum Gasteiger partial charge on any atom is -0.480 e. The molecule has 1 rings (SSSR count). The lowest BCUT2D eigenvalue weighted by Gasteiger charge is -2.21. The molecule has 114 valence electrons. The van der Waals surface area contributed by atoms with Gasteiger partial charge in [-0.1, -0.05) is 11.6 Å². The number of carbonyl (C=O) groups is 3. The normalized spacial score (nSPS) is 9.81. The van der Waals surface area contributed by atoms with Crippen LogP contribution in [0.15, 0.2) is 24.3 Å². The summed E-state index contributed by atoms with van der Waals surface area (Å²) in [6.07, 6.45) is 0. The molecule has 0 aliphatic heterocycles. The van der Waals surface area contributed by atoms with Crippen LogP contribution in [0.5, 0.6) is 0 Å². The monoisotopic (exact) mass is 313 g/mol. The van der Waals surface area contributed by atoms with Crippen LogP contribution in [0.2, 0.25) is 5.02 Å². The van der Waals surface area contributed by atoms with Crippen LogP contribution in [0.1, 0.15) is 6.92 Å². The zero-order valence-corrected chi connectivity index (χ0v) is 12.2. The second-order valence-corrected chi connectivity index (χ2v) is 4.50. The highest BCUT2D eigenvalue weighted by Gasteiger charge is 2.19. The molecule has 0 aliphatic carbocycles. The van der Waals surface area contributed by atoms with E-state index in [0.717, 1.165) is 4.90 Å². The van der Waals surface area contributed by atoms with Gasteiger partial charge in [0.2, 0.25) is 5.91 Å². The predicted molar refractivity (Wildman–Crippen MR) is 78.5 cm³/mol. The lowest BCUT2D eigenvalue weighted by Crippen LogP contribution is -2.46. The first-order valence-electron chi connectivity index (χ1n) is 6.23. The van der Waals surface area contributed by atoms with Gasteiger partial charge >= 0.3 is 12.0 Å². The number of aliphatic carboxylic acids is 1. The first-order chi connectivity index (χ1) is 9.93. The number of benzene rings is 1. The van der Waals surface area contributed by atoms with Crippen molar-refractivity contribution in [2.45, 2.75) is 6.92 Å². The Morgan fingerprint density at radius 1 is 1.19 bits per heavy atom. The first-order valence-corrected chi connectivity index (χ1v) is 6.61. The van der Waals surface area contributed by atoms with E-state index in [4.69, 9.17) is 16.7 Å². The van der Waals surface area contributed by atoms with Crippen molar-refractivity contribution in [3.05, 3.63) is 29.3 Å². The molecule has 8 heteroatoms. The van der Waals surface area contributed by atoms with Gasteiger partial charge in [0.1, 0.15) is 6.54 Å². The fourth-order valence-corrected chi connectivity index (χ4v) is 1.67. The zero-order chi connectivity index (χ0) is 15.8. The maximum atomic E-state index is 12.0. The van der Waals surface area contributed by atoms with Crippen molar-refractivity contribution in [3.63, 3.8) is 0 Å². The average Bonchev–Trinajstić information content (AvgIpc) is 2.43. The maximum Gasteiger partial charge on any atom is 0.323 e. The number of likely N-dealkylation sites (N-methyl/N-ethyl adjacent to an activating group) is 1. The van der Waals surface area contributed by atoms with E-state index in [1.54, 1.807) is 19.1 Å². The molecule has 3 N–H and O–H groups in total. The smallest absolute Gasteiger partial charge is 0.323 e. The Labute approximate surface area is 126 Å². The molecule has 0 unspecified atom stereocenters. The third-order valence-electron chi connectivity index (χ3n) is 2.45. The van der Waals surface area contributed by atoms with Gasteiger partial charge in [-0.3, -0.25) is 14.5 Å². The molecule has 1 aromatic carbocycles. The molecule has 0 atom stereocenters.